The van der Waals surface area contributed by atoms with Crippen LogP contribution in [-0.2, 0) is 6.42 Å². The third-order valence-electron chi connectivity index (χ3n) is 2.59. The van der Waals surface area contributed by atoms with Gasteiger partial charge in [-0.25, -0.2) is 0 Å². The summed E-state index contributed by atoms with van der Waals surface area (Å²) in [4.78, 5) is 4.49. The van der Waals surface area contributed by atoms with Crippen LogP contribution in [0.3, 0.4) is 0 Å². The van der Waals surface area contributed by atoms with Gasteiger partial charge in [0.2, 0.25) is 0 Å². The van der Waals surface area contributed by atoms with E-state index >= 15 is 0 Å². The fourth-order valence-electron chi connectivity index (χ4n) is 1.75. The van der Waals surface area contributed by atoms with Crippen LogP contribution in [-0.4, -0.2) is 16.7 Å². The van der Waals surface area contributed by atoms with Crippen LogP contribution in [0.4, 0.5) is 0 Å². The van der Waals surface area contributed by atoms with Crippen LogP contribution < -0.4 is 4.18 Å². The summed E-state index contributed by atoms with van der Waals surface area (Å²) in [5.74, 6) is 0.680. The number of aliphatic hydroxyl groups excluding tert-OH is 1. The molecule has 1 aromatic heterocycles. The molecule has 2 rings (SSSR count). The number of aryl methyl sites for hydroxylation is 1. The Morgan fingerprint density at radius 3 is 2.94 bits per heavy atom. The molecule has 1 aromatic carbocycles. The average Bonchev–Trinajstić information content (AvgIpc) is 2.31. The van der Waals surface area contributed by atoms with Crippen LogP contribution in [0.2, 0.25) is 0 Å². The molecule has 0 aliphatic carbocycles. The molecule has 0 radical (unpaired) electrons. The molecule has 1 N–H and O–H groups in total. The molecule has 0 aliphatic rings. The Balaban J connectivity index is 2.46. The molecule has 0 amide bonds. The number of pyridine rings is 1. The molecule has 0 fully saturated rings. The Labute approximate surface area is 108 Å². The zero-order valence-corrected chi connectivity index (χ0v) is 10.9. The van der Waals surface area contributed by atoms with E-state index in [9.17, 15) is 0 Å². The number of rotatable bonds is 4. The minimum Gasteiger partial charge on any atom is -0.409 e. The lowest BCUT2D eigenvalue weighted by molar-refractivity contribution is 0.299. The quantitative estimate of drug-likeness (QED) is 0.865. The second kappa shape index (κ2) is 5.58. The fourth-order valence-corrected chi connectivity index (χ4v) is 2.14. The van der Waals surface area contributed by atoms with Crippen LogP contribution in [0.15, 0.2) is 24.3 Å². The standard InChI is InChI=1S/C12H12ClNO2S/c1-8-9(4-5-15)6-10-2-3-11(16-17-13)7-12(10)14-8/h2-3,6-7,15H,4-5H2,1H3. The van der Waals surface area contributed by atoms with Crippen molar-refractivity contribution in [1.82, 2.24) is 4.98 Å². The summed E-state index contributed by atoms with van der Waals surface area (Å²) in [5, 5.41) is 10.00. The van der Waals surface area contributed by atoms with Gasteiger partial charge in [-0.2, -0.15) is 0 Å². The van der Waals surface area contributed by atoms with Crippen molar-refractivity contribution < 1.29 is 9.29 Å². The van der Waals surface area contributed by atoms with E-state index in [0.717, 1.165) is 33.4 Å². The first-order valence-electron chi connectivity index (χ1n) is 5.21. The van der Waals surface area contributed by atoms with Gasteiger partial charge in [0.1, 0.15) is 5.75 Å². The van der Waals surface area contributed by atoms with Crippen molar-refractivity contribution in [3.05, 3.63) is 35.5 Å². The number of nitrogens with zero attached hydrogens (tertiary/aromatic N) is 1. The maximum Gasteiger partial charge on any atom is 0.166 e. The van der Waals surface area contributed by atoms with Gasteiger partial charge in [-0.15, -0.1) is 0 Å². The molecule has 3 nitrogen and oxygen atoms in total. The molecular weight excluding hydrogens is 258 g/mol. The minimum absolute atomic E-state index is 0.137. The smallest absolute Gasteiger partial charge is 0.166 e. The van der Waals surface area contributed by atoms with Gasteiger partial charge in [0, 0.05) is 34.4 Å². The third kappa shape index (κ3) is 2.83. The Kier molecular flexibility index (Phi) is 4.10. The average molecular weight is 270 g/mol. The highest BCUT2D eigenvalue weighted by atomic mass is 35.7. The number of benzene rings is 1. The van der Waals surface area contributed by atoms with Crippen molar-refractivity contribution in [2.45, 2.75) is 13.3 Å². The van der Waals surface area contributed by atoms with Gasteiger partial charge < -0.3 is 9.29 Å². The summed E-state index contributed by atoms with van der Waals surface area (Å²) in [6.07, 6.45) is 0.630. The Morgan fingerprint density at radius 2 is 2.24 bits per heavy atom. The predicted molar refractivity (Wildman–Crippen MR) is 71.3 cm³/mol. The number of halogens is 1. The molecule has 0 unspecified atom stereocenters. The molecule has 5 heteroatoms. The van der Waals surface area contributed by atoms with Gasteiger partial charge in [0.05, 0.1) is 5.52 Å². The molecule has 0 spiro atoms. The van der Waals surface area contributed by atoms with E-state index in [1.54, 1.807) is 0 Å². The number of aromatic nitrogens is 1. The van der Waals surface area contributed by atoms with E-state index in [1.165, 1.54) is 0 Å². The molecule has 2 aromatic rings. The first-order chi connectivity index (χ1) is 8.24. The monoisotopic (exact) mass is 269 g/mol. The molecule has 0 bridgehead atoms. The number of fused-ring (bicyclic) bond motifs is 1. The van der Waals surface area contributed by atoms with Gasteiger partial charge in [0.25, 0.3) is 0 Å². The second-order valence-electron chi connectivity index (χ2n) is 3.71. The zero-order valence-electron chi connectivity index (χ0n) is 9.31. The van der Waals surface area contributed by atoms with Crippen LogP contribution in [0.1, 0.15) is 11.3 Å². The summed E-state index contributed by atoms with van der Waals surface area (Å²) < 4.78 is 5.13. The third-order valence-corrected chi connectivity index (χ3v) is 3.04. The predicted octanol–water partition coefficient (Wildman–Crippen LogP) is 3.26. The fraction of sp³-hybridized carbons (Fsp3) is 0.250. The topological polar surface area (TPSA) is 42.4 Å². The van der Waals surface area contributed by atoms with Crippen LogP contribution in [0.5, 0.6) is 5.75 Å². The molecule has 90 valence electrons. The Hall–Kier alpha value is -0.970. The van der Waals surface area contributed by atoms with Gasteiger partial charge >= 0.3 is 0 Å². The van der Waals surface area contributed by atoms with E-state index in [1.807, 2.05) is 31.2 Å². The Bertz CT molecular complexity index is 533. The maximum atomic E-state index is 8.97. The largest absolute Gasteiger partial charge is 0.409 e. The van der Waals surface area contributed by atoms with Crippen molar-refractivity contribution in [3.8, 4) is 5.75 Å². The molecule has 0 atom stereocenters. The highest BCUT2D eigenvalue weighted by Gasteiger charge is 2.04. The van der Waals surface area contributed by atoms with Crippen molar-refractivity contribution in [2.75, 3.05) is 6.61 Å². The van der Waals surface area contributed by atoms with E-state index < -0.39 is 0 Å². The van der Waals surface area contributed by atoms with Crippen LogP contribution in [0, 0.1) is 6.92 Å². The summed E-state index contributed by atoms with van der Waals surface area (Å²) in [7, 11) is 5.43. The first kappa shape index (κ1) is 12.5. The summed E-state index contributed by atoms with van der Waals surface area (Å²) in [6, 6.07) is 7.68. The molecule has 0 aliphatic heterocycles. The minimum atomic E-state index is 0.137. The van der Waals surface area contributed by atoms with Crippen molar-refractivity contribution in [3.63, 3.8) is 0 Å². The van der Waals surface area contributed by atoms with Crippen molar-refractivity contribution in [2.24, 2.45) is 0 Å². The van der Waals surface area contributed by atoms with Crippen molar-refractivity contribution >= 4 is 32.8 Å². The van der Waals surface area contributed by atoms with Gasteiger partial charge in [-0.1, -0.05) is 0 Å². The summed E-state index contributed by atoms with van der Waals surface area (Å²) in [6.45, 7) is 2.08. The molecular formula is C12H12ClNO2S. The van der Waals surface area contributed by atoms with Gasteiger partial charge in [0.15, 0.2) is 11.3 Å². The van der Waals surface area contributed by atoms with E-state index in [2.05, 4.69) is 4.98 Å². The molecule has 0 saturated heterocycles. The maximum absolute atomic E-state index is 8.97. The molecule has 17 heavy (non-hydrogen) atoms. The summed E-state index contributed by atoms with van der Waals surface area (Å²) in [5.41, 5.74) is 2.87. The normalized spacial score (nSPS) is 10.8. The molecule has 1 heterocycles. The second-order valence-corrected chi connectivity index (χ2v) is 4.38. The number of hydrogen-bond donors (Lipinski definition) is 1. The van der Waals surface area contributed by atoms with Crippen LogP contribution >= 0.6 is 21.9 Å². The highest BCUT2D eigenvalue weighted by molar-refractivity contribution is 8.17. The van der Waals surface area contributed by atoms with Gasteiger partial charge in [-0.05, 0) is 37.1 Å². The van der Waals surface area contributed by atoms with Crippen LogP contribution in [0.25, 0.3) is 10.9 Å². The lowest BCUT2D eigenvalue weighted by Gasteiger charge is -2.07. The zero-order chi connectivity index (χ0) is 12.3. The van der Waals surface area contributed by atoms with Gasteiger partial charge in [-0.3, -0.25) is 4.98 Å². The van der Waals surface area contributed by atoms with E-state index in [4.69, 9.17) is 20.0 Å². The number of hydrogen-bond acceptors (Lipinski definition) is 4. The summed E-state index contributed by atoms with van der Waals surface area (Å²) >= 11 is 0.790. The van der Waals surface area contributed by atoms with E-state index in [-0.39, 0.29) is 6.61 Å². The lowest BCUT2D eigenvalue weighted by atomic mass is 10.1. The first-order valence-corrected chi connectivity index (χ1v) is 6.78. The molecule has 0 saturated carbocycles. The SMILES string of the molecule is Cc1nc2cc(OSCl)ccc2cc1CCO. The Morgan fingerprint density at radius 1 is 1.41 bits per heavy atom. The van der Waals surface area contributed by atoms with Crippen molar-refractivity contribution in [1.29, 1.82) is 0 Å². The lowest BCUT2D eigenvalue weighted by Crippen LogP contribution is -1.97. The number of aliphatic hydroxyl groups is 1. The van der Waals surface area contributed by atoms with E-state index in [0.29, 0.717) is 12.2 Å². The highest BCUT2D eigenvalue weighted by Crippen LogP contribution is 2.25.